The lowest BCUT2D eigenvalue weighted by atomic mass is 10.2. The van der Waals surface area contributed by atoms with Gasteiger partial charge < -0.3 is 10.1 Å². The Morgan fingerprint density at radius 2 is 2.05 bits per heavy atom. The number of hydrogen-bond donors (Lipinski definition) is 1. The Kier molecular flexibility index (Phi) is 5.47. The lowest BCUT2D eigenvalue weighted by Gasteiger charge is -2.16. The van der Waals surface area contributed by atoms with Crippen molar-refractivity contribution in [1.82, 2.24) is 5.32 Å². The van der Waals surface area contributed by atoms with Gasteiger partial charge >= 0.3 is 5.97 Å². The van der Waals surface area contributed by atoms with E-state index in [1.54, 1.807) is 6.92 Å². The molecule has 1 aliphatic carbocycles. The minimum absolute atomic E-state index is 0.121. The van der Waals surface area contributed by atoms with E-state index in [1.165, 1.54) is 11.8 Å². The number of rotatable bonds is 7. The number of nitrogens with one attached hydrogen (secondary N) is 1. The van der Waals surface area contributed by atoms with Gasteiger partial charge in [0.15, 0.2) is 0 Å². The van der Waals surface area contributed by atoms with Crippen LogP contribution in [-0.4, -0.2) is 30.3 Å². The number of thioether (sulfide) groups is 1. The summed E-state index contributed by atoms with van der Waals surface area (Å²) in [6.45, 7) is 2.12. The third-order valence-electron chi connectivity index (χ3n) is 3.06. The minimum Gasteiger partial charge on any atom is -0.464 e. The summed E-state index contributed by atoms with van der Waals surface area (Å²) in [6.07, 6.45) is 1.96. The van der Waals surface area contributed by atoms with Crippen LogP contribution in [0.2, 0.25) is 0 Å². The number of hydrogen-bond acceptors (Lipinski definition) is 4. The van der Waals surface area contributed by atoms with Crippen molar-refractivity contribution in [3.63, 3.8) is 0 Å². The van der Waals surface area contributed by atoms with Gasteiger partial charge in [-0.1, -0.05) is 18.2 Å². The molecule has 1 aliphatic rings. The largest absolute Gasteiger partial charge is 0.464 e. The van der Waals surface area contributed by atoms with E-state index >= 15 is 0 Å². The SMILES string of the molecule is CCOC(=O)[C@@H](NC(=O)CSc1ccccc1)C1CC1. The van der Waals surface area contributed by atoms with Crippen LogP contribution >= 0.6 is 11.8 Å². The van der Waals surface area contributed by atoms with Crippen LogP contribution < -0.4 is 5.32 Å². The van der Waals surface area contributed by atoms with Crippen LogP contribution in [0.1, 0.15) is 19.8 Å². The molecule has 1 fully saturated rings. The highest BCUT2D eigenvalue weighted by Crippen LogP contribution is 2.33. The smallest absolute Gasteiger partial charge is 0.328 e. The Labute approximate surface area is 123 Å². The Balaban J connectivity index is 1.81. The number of benzene rings is 1. The van der Waals surface area contributed by atoms with E-state index in [9.17, 15) is 9.59 Å². The molecule has 1 atom stereocenters. The molecule has 20 heavy (non-hydrogen) atoms. The molecule has 1 aromatic rings. The fourth-order valence-electron chi connectivity index (χ4n) is 1.91. The lowest BCUT2D eigenvalue weighted by Crippen LogP contribution is -2.44. The summed E-state index contributed by atoms with van der Waals surface area (Å²) < 4.78 is 5.01. The molecule has 0 heterocycles. The summed E-state index contributed by atoms with van der Waals surface area (Å²) in [6, 6.07) is 9.26. The molecule has 0 aromatic heterocycles. The minimum atomic E-state index is -0.473. The van der Waals surface area contributed by atoms with Crippen molar-refractivity contribution < 1.29 is 14.3 Å². The Bertz CT molecular complexity index is 459. The van der Waals surface area contributed by atoms with Gasteiger partial charge in [0.1, 0.15) is 6.04 Å². The average molecular weight is 293 g/mol. The third kappa shape index (κ3) is 4.56. The zero-order valence-corrected chi connectivity index (χ0v) is 12.3. The molecule has 0 radical (unpaired) electrons. The van der Waals surface area contributed by atoms with Crippen molar-refractivity contribution in [3.8, 4) is 0 Å². The Morgan fingerprint density at radius 1 is 1.35 bits per heavy atom. The Hall–Kier alpha value is -1.49. The zero-order chi connectivity index (χ0) is 14.4. The van der Waals surface area contributed by atoms with Crippen LogP contribution in [0.4, 0.5) is 0 Å². The van der Waals surface area contributed by atoms with E-state index in [0.29, 0.717) is 12.4 Å². The van der Waals surface area contributed by atoms with E-state index in [1.807, 2.05) is 30.3 Å². The van der Waals surface area contributed by atoms with Gasteiger partial charge in [-0.25, -0.2) is 4.79 Å². The molecule has 1 amide bonds. The highest BCUT2D eigenvalue weighted by molar-refractivity contribution is 8.00. The van der Waals surface area contributed by atoms with Gasteiger partial charge in [0.25, 0.3) is 0 Å². The molecule has 1 N–H and O–H groups in total. The van der Waals surface area contributed by atoms with E-state index in [-0.39, 0.29) is 17.8 Å². The fraction of sp³-hybridized carbons (Fsp3) is 0.467. The number of amides is 1. The molecule has 2 rings (SSSR count). The molecule has 0 bridgehead atoms. The maximum atomic E-state index is 11.9. The summed E-state index contributed by atoms with van der Waals surface area (Å²) in [7, 11) is 0. The molecular weight excluding hydrogens is 274 g/mol. The fourth-order valence-corrected chi connectivity index (χ4v) is 2.64. The topological polar surface area (TPSA) is 55.4 Å². The first-order valence-corrected chi connectivity index (χ1v) is 7.83. The standard InChI is InChI=1S/C15H19NO3S/c1-2-19-15(18)14(11-8-9-11)16-13(17)10-20-12-6-4-3-5-7-12/h3-7,11,14H,2,8-10H2,1H3,(H,16,17)/t14-/m0/s1. The van der Waals surface area contributed by atoms with Gasteiger partial charge in [0.05, 0.1) is 12.4 Å². The number of esters is 1. The highest BCUT2D eigenvalue weighted by atomic mass is 32.2. The predicted molar refractivity (Wildman–Crippen MR) is 78.5 cm³/mol. The first kappa shape index (κ1) is 14.9. The second kappa shape index (κ2) is 7.33. The van der Waals surface area contributed by atoms with Gasteiger partial charge in [-0.15, -0.1) is 11.8 Å². The second-order valence-electron chi connectivity index (χ2n) is 4.74. The molecule has 108 valence electrons. The molecule has 0 aliphatic heterocycles. The van der Waals surface area contributed by atoms with E-state index in [2.05, 4.69) is 5.32 Å². The van der Waals surface area contributed by atoms with E-state index < -0.39 is 6.04 Å². The number of carbonyl (C=O) groups excluding carboxylic acids is 2. The van der Waals surface area contributed by atoms with Gasteiger partial charge in [-0.3, -0.25) is 4.79 Å². The van der Waals surface area contributed by atoms with Crippen LogP contribution in [0.15, 0.2) is 35.2 Å². The maximum absolute atomic E-state index is 11.9. The van der Waals surface area contributed by atoms with Crippen molar-refractivity contribution in [2.45, 2.75) is 30.7 Å². The number of carbonyl (C=O) groups is 2. The van der Waals surface area contributed by atoms with Crippen molar-refractivity contribution in [2.75, 3.05) is 12.4 Å². The van der Waals surface area contributed by atoms with Gasteiger partial charge in [0, 0.05) is 4.90 Å². The van der Waals surface area contributed by atoms with Crippen molar-refractivity contribution in [1.29, 1.82) is 0 Å². The van der Waals surface area contributed by atoms with Crippen molar-refractivity contribution in [3.05, 3.63) is 30.3 Å². The second-order valence-corrected chi connectivity index (χ2v) is 5.79. The monoisotopic (exact) mass is 293 g/mol. The summed E-state index contributed by atoms with van der Waals surface area (Å²) in [4.78, 5) is 24.8. The maximum Gasteiger partial charge on any atom is 0.328 e. The van der Waals surface area contributed by atoms with Gasteiger partial charge in [-0.05, 0) is 37.8 Å². The highest BCUT2D eigenvalue weighted by Gasteiger charge is 2.38. The molecule has 1 saturated carbocycles. The first-order valence-electron chi connectivity index (χ1n) is 6.84. The third-order valence-corrected chi connectivity index (χ3v) is 4.08. The van der Waals surface area contributed by atoms with Crippen LogP contribution in [0, 0.1) is 5.92 Å². The van der Waals surface area contributed by atoms with E-state index in [4.69, 9.17) is 4.74 Å². The summed E-state index contributed by atoms with van der Waals surface area (Å²) >= 11 is 1.46. The molecule has 5 heteroatoms. The molecule has 4 nitrogen and oxygen atoms in total. The van der Waals surface area contributed by atoms with Crippen LogP contribution in [0.3, 0.4) is 0 Å². The van der Waals surface area contributed by atoms with Gasteiger partial charge in [0.2, 0.25) is 5.91 Å². The van der Waals surface area contributed by atoms with Crippen LogP contribution in [0.5, 0.6) is 0 Å². The van der Waals surface area contributed by atoms with Crippen LogP contribution in [-0.2, 0) is 14.3 Å². The molecule has 0 unspecified atom stereocenters. The summed E-state index contributed by atoms with van der Waals surface area (Å²) in [5.41, 5.74) is 0. The summed E-state index contributed by atoms with van der Waals surface area (Å²) in [5, 5.41) is 2.80. The molecule has 0 saturated heterocycles. The normalized spacial score (nSPS) is 15.4. The predicted octanol–water partition coefficient (Wildman–Crippen LogP) is 2.24. The van der Waals surface area contributed by atoms with Crippen molar-refractivity contribution in [2.24, 2.45) is 5.92 Å². The molecular formula is C15H19NO3S. The molecule has 0 spiro atoms. The molecule has 1 aromatic carbocycles. The van der Waals surface area contributed by atoms with Crippen LogP contribution in [0.25, 0.3) is 0 Å². The quantitative estimate of drug-likeness (QED) is 0.619. The average Bonchev–Trinajstić information content (AvgIpc) is 3.28. The van der Waals surface area contributed by atoms with E-state index in [0.717, 1.165) is 17.7 Å². The first-order chi connectivity index (χ1) is 9.70. The zero-order valence-electron chi connectivity index (χ0n) is 11.5. The number of ether oxygens (including phenoxy) is 1. The summed E-state index contributed by atoms with van der Waals surface area (Å²) in [5.74, 6) is 0.128. The Morgan fingerprint density at radius 3 is 2.65 bits per heavy atom. The lowest BCUT2D eigenvalue weighted by molar-refractivity contribution is -0.147. The van der Waals surface area contributed by atoms with Crippen molar-refractivity contribution >= 4 is 23.6 Å². The van der Waals surface area contributed by atoms with Gasteiger partial charge in [-0.2, -0.15) is 0 Å².